The molecule has 0 fully saturated rings. The van der Waals surface area contributed by atoms with Crippen LogP contribution in [0.1, 0.15) is 10.4 Å². The SMILES string of the molecule is CS(=O)(=O)c1cc([N+](=O)[O-])ccc1NCCNC(=O)c1ccc(F)cc1. The molecule has 0 saturated carbocycles. The van der Waals surface area contributed by atoms with E-state index in [9.17, 15) is 27.7 Å². The van der Waals surface area contributed by atoms with Gasteiger partial charge in [0.15, 0.2) is 9.84 Å². The van der Waals surface area contributed by atoms with Crippen LogP contribution < -0.4 is 10.6 Å². The topological polar surface area (TPSA) is 118 Å². The van der Waals surface area contributed by atoms with Gasteiger partial charge in [-0.2, -0.15) is 0 Å². The van der Waals surface area contributed by atoms with Gasteiger partial charge in [-0.3, -0.25) is 14.9 Å². The molecule has 2 N–H and O–H groups in total. The van der Waals surface area contributed by atoms with Gasteiger partial charge in [0.1, 0.15) is 5.82 Å². The van der Waals surface area contributed by atoms with Gasteiger partial charge in [-0.1, -0.05) is 0 Å². The summed E-state index contributed by atoms with van der Waals surface area (Å²) in [5, 5.41) is 16.2. The van der Waals surface area contributed by atoms with Gasteiger partial charge in [0.2, 0.25) is 0 Å². The van der Waals surface area contributed by atoms with E-state index in [1.54, 1.807) is 0 Å². The normalized spacial score (nSPS) is 11.0. The third-order valence-corrected chi connectivity index (χ3v) is 4.54. The van der Waals surface area contributed by atoms with Crippen molar-refractivity contribution in [3.05, 3.63) is 64.0 Å². The number of nitro groups is 1. The largest absolute Gasteiger partial charge is 0.382 e. The highest BCUT2D eigenvalue weighted by Gasteiger charge is 2.18. The molecule has 0 aromatic heterocycles. The molecule has 0 atom stereocenters. The number of rotatable bonds is 7. The van der Waals surface area contributed by atoms with E-state index in [1.165, 1.54) is 36.4 Å². The number of hydrogen-bond donors (Lipinski definition) is 2. The third-order valence-electron chi connectivity index (χ3n) is 3.41. The van der Waals surface area contributed by atoms with Crippen molar-refractivity contribution in [2.24, 2.45) is 0 Å². The Hall–Kier alpha value is -3.01. The number of halogens is 1. The molecule has 0 spiro atoms. The lowest BCUT2D eigenvalue weighted by atomic mass is 10.2. The van der Waals surface area contributed by atoms with Gasteiger partial charge in [0.25, 0.3) is 11.6 Å². The Balaban J connectivity index is 2.00. The maximum Gasteiger partial charge on any atom is 0.270 e. The molecule has 2 aromatic rings. The molecule has 8 nitrogen and oxygen atoms in total. The number of sulfone groups is 1. The Morgan fingerprint density at radius 2 is 1.81 bits per heavy atom. The molecule has 2 rings (SSSR count). The Morgan fingerprint density at radius 1 is 1.15 bits per heavy atom. The van der Waals surface area contributed by atoms with Gasteiger partial charge >= 0.3 is 0 Å². The van der Waals surface area contributed by atoms with Crippen LogP contribution in [0.3, 0.4) is 0 Å². The first-order valence-electron chi connectivity index (χ1n) is 7.44. The zero-order chi connectivity index (χ0) is 19.3. The van der Waals surface area contributed by atoms with Crippen LogP contribution in [0.15, 0.2) is 47.4 Å². The first kappa shape index (κ1) is 19.3. The number of carbonyl (C=O) groups excluding carboxylic acids is 1. The van der Waals surface area contributed by atoms with Crippen molar-refractivity contribution in [1.29, 1.82) is 0 Å². The summed E-state index contributed by atoms with van der Waals surface area (Å²) < 4.78 is 36.5. The molecule has 0 radical (unpaired) electrons. The zero-order valence-electron chi connectivity index (χ0n) is 13.7. The van der Waals surface area contributed by atoms with Gasteiger partial charge in [-0.25, -0.2) is 12.8 Å². The van der Waals surface area contributed by atoms with Crippen molar-refractivity contribution in [3.63, 3.8) is 0 Å². The summed E-state index contributed by atoms with van der Waals surface area (Å²) in [6.45, 7) is 0.351. The Morgan fingerprint density at radius 3 is 2.38 bits per heavy atom. The van der Waals surface area contributed by atoms with Gasteiger partial charge in [0, 0.05) is 37.0 Å². The molecule has 10 heteroatoms. The fraction of sp³-hybridized carbons (Fsp3) is 0.188. The summed E-state index contributed by atoms with van der Waals surface area (Å²) in [7, 11) is -3.68. The molecular formula is C16H16FN3O5S. The smallest absolute Gasteiger partial charge is 0.270 e. The maximum atomic E-state index is 12.8. The zero-order valence-corrected chi connectivity index (χ0v) is 14.5. The Kier molecular flexibility index (Phi) is 5.88. The predicted molar refractivity (Wildman–Crippen MR) is 93.4 cm³/mol. The second-order valence-electron chi connectivity index (χ2n) is 5.40. The lowest BCUT2D eigenvalue weighted by Gasteiger charge is -2.11. The molecule has 2 aromatic carbocycles. The van der Waals surface area contributed by atoms with E-state index in [1.807, 2.05) is 0 Å². The van der Waals surface area contributed by atoms with Crippen molar-refractivity contribution >= 4 is 27.1 Å². The number of hydrogen-bond acceptors (Lipinski definition) is 6. The molecule has 0 saturated heterocycles. The molecule has 0 bridgehead atoms. The van der Waals surface area contributed by atoms with Crippen molar-refractivity contribution in [2.45, 2.75) is 4.90 Å². The molecule has 26 heavy (non-hydrogen) atoms. The Bertz CT molecular complexity index is 929. The fourth-order valence-corrected chi connectivity index (χ4v) is 3.03. The summed E-state index contributed by atoms with van der Waals surface area (Å²) in [5.74, 6) is -0.853. The van der Waals surface area contributed by atoms with Gasteiger partial charge in [-0.15, -0.1) is 0 Å². The molecule has 0 aliphatic carbocycles. The molecule has 0 unspecified atom stereocenters. The molecule has 0 heterocycles. The van der Waals surface area contributed by atoms with E-state index in [0.29, 0.717) is 5.56 Å². The predicted octanol–water partition coefficient (Wildman–Crippen LogP) is 1.98. The molecule has 0 aliphatic rings. The summed E-state index contributed by atoms with van der Waals surface area (Å²) in [6.07, 6.45) is 0.952. The van der Waals surface area contributed by atoms with Crippen molar-refractivity contribution < 1.29 is 22.5 Å². The minimum absolute atomic E-state index is 0.163. The van der Waals surface area contributed by atoms with E-state index >= 15 is 0 Å². The highest BCUT2D eigenvalue weighted by Crippen LogP contribution is 2.26. The lowest BCUT2D eigenvalue weighted by molar-refractivity contribution is -0.385. The lowest BCUT2D eigenvalue weighted by Crippen LogP contribution is -2.29. The highest BCUT2D eigenvalue weighted by atomic mass is 32.2. The van der Waals surface area contributed by atoms with E-state index < -0.39 is 26.5 Å². The number of nitro benzene ring substituents is 1. The monoisotopic (exact) mass is 381 g/mol. The molecule has 138 valence electrons. The van der Waals surface area contributed by atoms with Gasteiger partial charge in [0.05, 0.1) is 15.5 Å². The standard InChI is InChI=1S/C16H16FN3O5S/c1-26(24,25)15-10-13(20(22)23)6-7-14(15)18-8-9-19-16(21)11-2-4-12(17)5-3-11/h2-7,10,18H,8-9H2,1H3,(H,19,21). The number of benzene rings is 2. The minimum Gasteiger partial charge on any atom is -0.382 e. The van der Waals surface area contributed by atoms with Gasteiger partial charge in [-0.05, 0) is 30.3 Å². The number of anilines is 1. The molecular weight excluding hydrogens is 365 g/mol. The van der Waals surface area contributed by atoms with Crippen LogP contribution in [0, 0.1) is 15.9 Å². The first-order chi connectivity index (χ1) is 12.2. The van der Waals surface area contributed by atoms with Crippen LogP contribution in [0.5, 0.6) is 0 Å². The van der Waals surface area contributed by atoms with Crippen LogP contribution in [0.2, 0.25) is 0 Å². The minimum atomic E-state index is -3.68. The summed E-state index contributed by atoms with van der Waals surface area (Å²) in [5.41, 5.74) is 0.160. The number of amides is 1. The van der Waals surface area contributed by atoms with Crippen molar-refractivity contribution in [2.75, 3.05) is 24.7 Å². The number of nitrogens with zero attached hydrogens (tertiary/aromatic N) is 1. The van der Waals surface area contributed by atoms with Crippen molar-refractivity contribution in [3.8, 4) is 0 Å². The first-order valence-corrected chi connectivity index (χ1v) is 9.34. The second-order valence-corrected chi connectivity index (χ2v) is 7.38. The number of non-ortho nitro benzene ring substituents is 1. The van der Waals surface area contributed by atoms with Crippen LogP contribution in [0.4, 0.5) is 15.8 Å². The average molecular weight is 381 g/mol. The van der Waals surface area contributed by atoms with Gasteiger partial charge < -0.3 is 10.6 Å². The molecule has 0 aliphatic heterocycles. The van der Waals surface area contributed by atoms with E-state index in [2.05, 4.69) is 10.6 Å². The third kappa shape index (κ3) is 4.99. The number of carbonyl (C=O) groups is 1. The van der Waals surface area contributed by atoms with Crippen LogP contribution >= 0.6 is 0 Å². The van der Waals surface area contributed by atoms with E-state index in [4.69, 9.17) is 0 Å². The summed E-state index contributed by atoms with van der Waals surface area (Å²) in [6, 6.07) is 8.50. The fourth-order valence-electron chi connectivity index (χ4n) is 2.15. The summed E-state index contributed by atoms with van der Waals surface area (Å²) in [4.78, 5) is 21.8. The van der Waals surface area contributed by atoms with Crippen LogP contribution in [-0.2, 0) is 9.84 Å². The van der Waals surface area contributed by atoms with Crippen molar-refractivity contribution in [1.82, 2.24) is 5.32 Å². The Labute approximate surface area is 149 Å². The average Bonchev–Trinajstić information content (AvgIpc) is 2.58. The number of nitrogens with one attached hydrogen (secondary N) is 2. The maximum absolute atomic E-state index is 12.8. The van der Waals surface area contributed by atoms with E-state index in [0.717, 1.165) is 12.3 Å². The molecule has 1 amide bonds. The summed E-state index contributed by atoms with van der Waals surface area (Å²) >= 11 is 0. The quantitative estimate of drug-likeness (QED) is 0.430. The second kappa shape index (κ2) is 7.91. The van der Waals surface area contributed by atoms with Crippen LogP contribution in [0.25, 0.3) is 0 Å². The van der Waals surface area contributed by atoms with Crippen LogP contribution in [-0.4, -0.2) is 38.6 Å². The van der Waals surface area contributed by atoms with E-state index in [-0.39, 0.29) is 29.4 Å². The highest BCUT2D eigenvalue weighted by molar-refractivity contribution is 7.90.